The van der Waals surface area contributed by atoms with E-state index in [4.69, 9.17) is 11.6 Å². The molecule has 6 nitrogen and oxygen atoms in total. The topological polar surface area (TPSA) is 60.9 Å². The lowest BCUT2D eigenvalue weighted by Gasteiger charge is -2.39. The van der Waals surface area contributed by atoms with Crippen LogP contribution in [0.2, 0.25) is 5.02 Å². The minimum Gasteiger partial charge on any atom is -0.368 e. The van der Waals surface area contributed by atoms with E-state index in [0.29, 0.717) is 49.6 Å². The van der Waals surface area contributed by atoms with Crippen LogP contribution in [0.25, 0.3) is 0 Å². The van der Waals surface area contributed by atoms with E-state index in [1.54, 1.807) is 0 Å². The minimum absolute atomic E-state index is 0.117. The molecule has 2 aliphatic heterocycles. The summed E-state index contributed by atoms with van der Waals surface area (Å²) in [6.45, 7) is 3.46. The molecule has 32 heavy (non-hydrogen) atoms. The predicted octanol–water partition coefficient (Wildman–Crippen LogP) is 3.37. The van der Waals surface area contributed by atoms with Gasteiger partial charge < -0.3 is 9.80 Å². The molecule has 9 heteroatoms. The van der Waals surface area contributed by atoms with Gasteiger partial charge in [0.2, 0.25) is 15.9 Å². The zero-order valence-electron chi connectivity index (χ0n) is 17.8. The fourth-order valence-electron chi connectivity index (χ4n) is 4.38. The third-order valence-electron chi connectivity index (χ3n) is 6.22. The van der Waals surface area contributed by atoms with Gasteiger partial charge in [-0.2, -0.15) is 0 Å². The number of amides is 1. The molecule has 2 aromatic carbocycles. The summed E-state index contributed by atoms with van der Waals surface area (Å²) in [5.74, 6) is -0.577. The van der Waals surface area contributed by atoms with Crippen LogP contribution >= 0.6 is 11.6 Å². The van der Waals surface area contributed by atoms with Crippen LogP contribution in [0.15, 0.2) is 48.5 Å². The summed E-state index contributed by atoms with van der Waals surface area (Å²) >= 11 is 6.09. The van der Waals surface area contributed by atoms with E-state index >= 15 is 0 Å². The number of hydrogen-bond donors (Lipinski definition) is 0. The number of carbonyl (C=O) groups excluding carboxylic acids is 1. The molecule has 2 heterocycles. The number of benzene rings is 2. The molecule has 1 amide bonds. The molecule has 0 spiro atoms. The lowest BCUT2D eigenvalue weighted by Crippen LogP contribution is -2.52. The lowest BCUT2D eigenvalue weighted by molar-refractivity contribution is -0.137. The summed E-state index contributed by atoms with van der Waals surface area (Å²) in [7, 11) is -3.50. The molecule has 2 aromatic rings. The van der Waals surface area contributed by atoms with E-state index in [-0.39, 0.29) is 23.4 Å². The molecule has 4 rings (SSSR count). The van der Waals surface area contributed by atoms with Crippen LogP contribution in [0.3, 0.4) is 0 Å². The minimum atomic E-state index is -3.50. The number of piperidine rings is 1. The Bertz CT molecular complexity index is 1050. The third kappa shape index (κ3) is 5.42. The molecule has 172 valence electrons. The van der Waals surface area contributed by atoms with Gasteiger partial charge in [0.25, 0.3) is 0 Å². The summed E-state index contributed by atoms with van der Waals surface area (Å²) in [5.41, 5.74) is 1.62. The second-order valence-corrected chi connectivity index (χ2v) is 10.8. The number of piperazine rings is 1. The van der Waals surface area contributed by atoms with Crippen molar-refractivity contribution < 1.29 is 17.6 Å². The number of hydrogen-bond acceptors (Lipinski definition) is 4. The Morgan fingerprint density at radius 3 is 2.25 bits per heavy atom. The van der Waals surface area contributed by atoms with E-state index in [9.17, 15) is 17.6 Å². The van der Waals surface area contributed by atoms with Crippen LogP contribution in [-0.4, -0.2) is 62.8 Å². The second kappa shape index (κ2) is 9.77. The Morgan fingerprint density at radius 1 is 0.969 bits per heavy atom. The van der Waals surface area contributed by atoms with E-state index in [1.807, 2.05) is 29.2 Å². The number of halogens is 2. The van der Waals surface area contributed by atoms with Gasteiger partial charge in [0.1, 0.15) is 5.82 Å². The molecule has 2 saturated heterocycles. The number of anilines is 1. The van der Waals surface area contributed by atoms with Crippen molar-refractivity contribution in [1.29, 1.82) is 0 Å². The predicted molar refractivity (Wildman–Crippen MR) is 124 cm³/mol. The lowest BCUT2D eigenvalue weighted by atomic mass is 9.96. The summed E-state index contributed by atoms with van der Waals surface area (Å²) in [4.78, 5) is 17.1. The Morgan fingerprint density at radius 2 is 1.62 bits per heavy atom. The van der Waals surface area contributed by atoms with Crippen molar-refractivity contribution in [3.63, 3.8) is 0 Å². The molecule has 0 saturated carbocycles. The fourth-order valence-corrected chi connectivity index (χ4v) is 6.13. The van der Waals surface area contributed by atoms with Gasteiger partial charge in [-0.1, -0.05) is 29.8 Å². The van der Waals surface area contributed by atoms with Gasteiger partial charge >= 0.3 is 0 Å². The summed E-state index contributed by atoms with van der Waals surface area (Å²) in [5, 5.41) is 0.696. The van der Waals surface area contributed by atoms with Gasteiger partial charge in [-0.3, -0.25) is 4.79 Å². The summed E-state index contributed by atoms with van der Waals surface area (Å²) in [6.07, 6.45) is 1.05. The highest BCUT2D eigenvalue weighted by atomic mass is 35.5. The van der Waals surface area contributed by atoms with Crippen LogP contribution in [0.4, 0.5) is 10.1 Å². The van der Waals surface area contributed by atoms with Gasteiger partial charge in [-0.05, 0) is 48.7 Å². The zero-order chi connectivity index (χ0) is 22.7. The quantitative estimate of drug-likeness (QED) is 0.659. The maximum atomic E-state index is 13.1. The molecular formula is C23H27ClFN3O3S. The highest BCUT2D eigenvalue weighted by molar-refractivity contribution is 7.88. The Balaban J connectivity index is 1.28. The average Bonchev–Trinajstić information content (AvgIpc) is 2.80. The SMILES string of the molecule is O=C(C1CCN(S(=O)(=O)Cc2ccc(F)cc2)CC1)N1CCN(c2cccc(Cl)c2)CC1. The van der Waals surface area contributed by atoms with Crippen LogP contribution in [0.5, 0.6) is 0 Å². The first kappa shape index (κ1) is 23.0. The maximum absolute atomic E-state index is 13.1. The molecule has 0 bridgehead atoms. The molecule has 0 aliphatic carbocycles. The van der Waals surface area contributed by atoms with Crippen molar-refractivity contribution in [3.8, 4) is 0 Å². The second-order valence-electron chi connectivity index (χ2n) is 8.35. The van der Waals surface area contributed by atoms with E-state index in [1.165, 1.54) is 28.6 Å². The van der Waals surface area contributed by atoms with Crippen molar-refractivity contribution in [1.82, 2.24) is 9.21 Å². The molecule has 0 unspecified atom stereocenters. The zero-order valence-corrected chi connectivity index (χ0v) is 19.4. The van der Waals surface area contributed by atoms with Crippen molar-refractivity contribution in [2.45, 2.75) is 18.6 Å². The molecule has 2 aliphatic rings. The number of carbonyl (C=O) groups is 1. The molecule has 2 fully saturated rings. The summed E-state index contributed by atoms with van der Waals surface area (Å²) < 4.78 is 40.0. The molecule has 0 aromatic heterocycles. The van der Waals surface area contributed by atoms with E-state index in [2.05, 4.69) is 4.90 Å². The van der Waals surface area contributed by atoms with Crippen molar-refractivity contribution in [3.05, 3.63) is 64.9 Å². The van der Waals surface area contributed by atoms with Crippen molar-refractivity contribution in [2.75, 3.05) is 44.2 Å². The standard InChI is InChI=1S/C23H27ClFN3O3S/c24-20-2-1-3-22(16-20)26-12-14-27(15-13-26)23(29)19-8-10-28(11-9-19)32(30,31)17-18-4-6-21(25)7-5-18/h1-7,16,19H,8-15,17H2. The third-order valence-corrected chi connectivity index (χ3v) is 8.31. The van der Waals surface area contributed by atoms with E-state index < -0.39 is 10.0 Å². The highest BCUT2D eigenvalue weighted by Crippen LogP contribution is 2.25. The maximum Gasteiger partial charge on any atom is 0.225 e. The van der Waals surface area contributed by atoms with Crippen LogP contribution in [-0.2, 0) is 20.6 Å². The van der Waals surface area contributed by atoms with E-state index in [0.717, 1.165) is 18.8 Å². The number of sulfonamides is 1. The monoisotopic (exact) mass is 479 g/mol. The van der Waals surface area contributed by atoms with Gasteiger partial charge in [0, 0.05) is 55.9 Å². The molecule has 0 N–H and O–H groups in total. The normalized spacial score (nSPS) is 18.7. The number of rotatable bonds is 5. The number of nitrogens with zero attached hydrogens (tertiary/aromatic N) is 3. The first-order chi connectivity index (χ1) is 15.3. The van der Waals surface area contributed by atoms with Gasteiger partial charge in [-0.15, -0.1) is 0 Å². The Kier molecular flexibility index (Phi) is 7.02. The molecular weight excluding hydrogens is 453 g/mol. The first-order valence-corrected chi connectivity index (χ1v) is 12.8. The first-order valence-electron chi connectivity index (χ1n) is 10.8. The van der Waals surface area contributed by atoms with Crippen molar-refractivity contribution in [2.24, 2.45) is 5.92 Å². The average molecular weight is 480 g/mol. The molecule has 0 atom stereocenters. The summed E-state index contributed by atoms with van der Waals surface area (Å²) in [6, 6.07) is 13.2. The molecule has 0 radical (unpaired) electrons. The van der Waals surface area contributed by atoms with Gasteiger partial charge in [0.05, 0.1) is 5.75 Å². The largest absolute Gasteiger partial charge is 0.368 e. The van der Waals surface area contributed by atoms with Crippen molar-refractivity contribution >= 4 is 33.2 Å². The van der Waals surface area contributed by atoms with Gasteiger partial charge in [-0.25, -0.2) is 17.1 Å². The van der Waals surface area contributed by atoms with Crippen LogP contribution in [0.1, 0.15) is 18.4 Å². The smallest absolute Gasteiger partial charge is 0.225 e. The highest BCUT2D eigenvalue weighted by Gasteiger charge is 2.34. The van der Waals surface area contributed by atoms with Crippen LogP contribution < -0.4 is 4.90 Å². The Labute approximate surface area is 193 Å². The van der Waals surface area contributed by atoms with Crippen LogP contribution in [0, 0.1) is 11.7 Å². The Hall–Kier alpha value is -2.16. The van der Waals surface area contributed by atoms with Gasteiger partial charge in [0.15, 0.2) is 0 Å². The fraction of sp³-hybridized carbons (Fsp3) is 0.435.